The van der Waals surface area contributed by atoms with E-state index < -0.39 is 0 Å². The minimum Gasteiger partial charge on any atom is -0.276 e. The minimum absolute atomic E-state index is 0.883. The van der Waals surface area contributed by atoms with Gasteiger partial charge < -0.3 is 0 Å². The topological polar surface area (TPSA) is 30.2 Å². The zero-order chi connectivity index (χ0) is 40.0. The molecule has 3 heteroatoms. The maximum atomic E-state index is 5.39. The van der Waals surface area contributed by atoms with Gasteiger partial charge in [-0.05, 0) is 136 Å². The molecule has 13 aromatic rings. The lowest BCUT2D eigenvalue weighted by Crippen LogP contribution is -1.98. The highest BCUT2D eigenvalue weighted by atomic mass is 15.1. The molecule has 13 rings (SSSR count). The number of nitrogens with zero attached hydrogens (tertiary/aromatic N) is 3. The van der Waals surface area contributed by atoms with Gasteiger partial charge in [-0.15, -0.1) is 0 Å². The van der Waals surface area contributed by atoms with Crippen LogP contribution in [-0.2, 0) is 0 Å². The Hall–Kier alpha value is -8.14. The molecule has 2 aromatic heterocycles. The monoisotopic (exact) mass is 773 g/mol. The van der Waals surface area contributed by atoms with Crippen LogP contribution in [0.4, 0.5) is 0 Å². The SMILES string of the molecule is c1ccc2cc(-c3c4ccccc4c(-c4ccc5ccccc5c4)c4cc(-c5ccc6nc(-c7ccc8ccccc8c7)n7c8ccccc8nc7c6c5)ccc34)ccc2c1. The Morgan fingerprint density at radius 1 is 0.279 bits per heavy atom. The number of hydrogen-bond acceptors (Lipinski definition) is 2. The number of imidazole rings is 1. The van der Waals surface area contributed by atoms with Gasteiger partial charge in [-0.2, -0.15) is 0 Å². The third-order valence-electron chi connectivity index (χ3n) is 12.7. The van der Waals surface area contributed by atoms with Gasteiger partial charge in [-0.25, -0.2) is 9.97 Å². The second-order valence-corrected chi connectivity index (χ2v) is 16.2. The van der Waals surface area contributed by atoms with E-state index in [1.165, 1.54) is 76.1 Å². The molecular formula is C58H35N3. The van der Waals surface area contributed by atoms with Gasteiger partial charge in [0.2, 0.25) is 0 Å². The number of rotatable bonds is 4. The van der Waals surface area contributed by atoms with Crippen molar-refractivity contribution >= 4 is 81.4 Å². The molecule has 0 aliphatic carbocycles. The molecular weight excluding hydrogens is 739 g/mol. The van der Waals surface area contributed by atoms with E-state index in [1.807, 2.05) is 0 Å². The first-order chi connectivity index (χ1) is 30.2. The van der Waals surface area contributed by atoms with Crippen LogP contribution in [0.2, 0.25) is 0 Å². The molecule has 0 saturated carbocycles. The molecule has 0 amide bonds. The zero-order valence-corrected chi connectivity index (χ0v) is 33.0. The molecule has 0 unspecified atom stereocenters. The quantitative estimate of drug-likeness (QED) is 0.167. The standard InChI is InChI=1S/C58H35N3/c1-4-14-39-31-44(24-21-36(39)11-1)55-47-17-7-8-18-48(47)56(45-25-22-37-12-2-5-15-40(37)32-45)50-34-42(27-29-49(50)55)43-28-30-52-51(35-43)58-60-53-19-9-10-20-54(53)61(58)57(59-52)46-26-23-38-13-3-6-16-41(38)33-46/h1-35H. The second-order valence-electron chi connectivity index (χ2n) is 16.2. The smallest absolute Gasteiger partial charge is 0.149 e. The lowest BCUT2D eigenvalue weighted by atomic mass is 9.84. The van der Waals surface area contributed by atoms with Crippen molar-refractivity contribution in [3.05, 3.63) is 212 Å². The highest BCUT2D eigenvalue weighted by molar-refractivity contribution is 6.22. The molecule has 0 saturated heterocycles. The van der Waals surface area contributed by atoms with E-state index >= 15 is 0 Å². The highest BCUT2D eigenvalue weighted by Gasteiger charge is 2.20. The van der Waals surface area contributed by atoms with Crippen molar-refractivity contribution in [3.63, 3.8) is 0 Å². The summed E-state index contributed by atoms with van der Waals surface area (Å²) in [4.78, 5) is 10.7. The van der Waals surface area contributed by atoms with Crippen molar-refractivity contribution in [2.75, 3.05) is 0 Å². The normalized spacial score (nSPS) is 11.9. The molecule has 0 bridgehead atoms. The van der Waals surface area contributed by atoms with Crippen molar-refractivity contribution in [1.29, 1.82) is 0 Å². The third kappa shape index (κ3) is 5.31. The minimum atomic E-state index is 0.883. The Bertz CT molecular complexity index is 3950. The second kappa shape index (κ2) is 13.2. The van der Waals surface area contributed by atoms with E-state index in [-0.39, 0.29) is 0 Å². The van der Waals surface area contributed by atoms with E-state index in [1.54, 1.807) is 0 Å². The Morgan fingerprint density at radius 3 is 1.38 bits per heavy atom. The first-order valence-electron chi connectivity index (χ1n) is 20.9. The molecule has 0 radical (unpaired) electrons. The predicted molar refractivity (Wildman–Crippen MR) is 257 cm³/mol. The molecule has 0 N–H and O–H groups in total. The number of para-hydroxylation sites is 2. The number of benzene rings is 11. The first-order valence-corrected chi connectivity index (χ1v) is 20.9. The van der Waals surface area contributed by atoms with Gasteiger partial charge in [0.05, 0.1) is 16.6 Å². The molecule has 0 atom stereocenters. The van der Waals surface area contributed by atoms with Crippen molar-refractivity contribution in [2.45, 2.75) is 0 Å². The number of hydrogen-bond donors (Lipinski definition) is 0. The van der Waals surface area contributed by atoms with Gasteiger partial charge >= 0.3 is 0 Å². The molecule has 0 aliphatic rings. The van der Waals surface area contributed by atoms with Crippen LogP contribution in [-0.4, -0.2) is 14.4 Å². The maximum Gasteiger partial charge on any atom is 0.149 e. The summed E-state index contributed by atoms with van der Waals surface area (Å²) in [6.07, 6.45) is 0. The van der Waals surface area contributed by atoms with E-state index in [0.717, 1.165) is 50.1 Å². The predicted octanol–water partition coefficient (Wildman–Crippen LogP) is 15.5. The van der Waals surface area contributed by atoms with E-state index in [2.05, 4.69) is 217 Å². The van der Waals surface area contributed by atoms with Gasteiger partial charge in [0.1, 0.15) is 11.5 Å². The summed E-state index contributed by atoms with van der Waals surface area (Å²) in [5, 5.41) is 13.3. The summed E-state index contributed by atoms with van der Waals surface area (Å²) in [5.41, 5.74) is 12.0. The molecule has 61 heavy (non-hydrogen) atoms. The van der Waals surface area contributed by atoms with Crippen LogP contribution in [0.5, 0.6) is 0 Å². The molecule has 282 valence electrons. The summed E-state index contributed by atoms with van der Waals surface area (Å²) in [7, 11) is 0. The first kappa shape index (κ1) is 33.8. The Kier molecular flexibility index (Phi) is 7.31. The fourth-order valence-corrected chi connectivity index (χ4v) is 9.77. The lowest BCUT2D eigenvalue weighted by molar-refractivity contribution is 1.16. The largest absolute Gasteiger partial charge is 0.276 e. The molecule has 3 nitrogen and oxygen atoms in total. The van der Waals surface area contributed by atoms with Crippen molar-refractivity contribution in [3.8, 4) is 44.8 Å². The average molecular weight is 774 g/mol. The summed E-state index contributed by atoms with van der Waals surface area (Å²) >= 11 is 0. The Balaban J connectivity index is 1.07. The van der Waals surface area contributed by atoms with Crippen LogP contribution < -0.4 is 0 Å². The van der Waals surface area contributed by atoms with Crippen LogP contribution >= 0.6 is 0 Å². The Morgan fingerprint density at radius 2 is 0.738 bits per heavy atom. The number of fused-ring (bicyclic) bond motifs is 10. The molecule has 0 aliphatic heterocycles. The van der Waals surface area contributed by atoms with Crippen LogP contribution in [0.3, 0.4) is 0 Å². The molecule has 11 aromatic carbocycles. The van der Waals surface area contributed by atoms with Crippen LogP contribution in [0, 0.1) is 0 Å². The van der Waals surface area contributed by atoms with Crippen LogP contribution in [0.1, 0.15) is 0 Å². The highest BCUT2D eigenvalue weighted by Crippen LogP contribution is 2.46. The molecule has 0 fully saturated rings. The average Bonchev–Trinajstić information content (AvgIpc) is 3.72. The van der Waals surface area contributed by atoms with Crippen molar-refractivity contribution in [2.24, 2.45) is 0 Å². The summed E-state index contributed by atoms with van der Waals surface area (Å²) in [5.74, 6) is 0.883. The van der Waals surface area contributed by atoms with Gasteiger partial charge in [0.25, 0.3) is 0 Å². The van der Waals surface area contributed by atoms with E-state index in [9.17, 15) is 0 Å². The van der Waals surface area contributed by atoms with Crippen LogP contribution in [0.15, 0.2) is 212 Å². The lowest BCUT2D eigenvalue weighted by Gasteiger charge is -2.19. The summed E-state index contributed by atoms with van der Waals surface area (Å²) in [6, 6.07) is 77.2. The summed E-state index contributed by atoms with van der Waals surface area (Å²) < 4.78 is 2.24. The van der Waals surface area contributed by atoms with E-state index in [4.69, 9.17) is 9.97 Å². The Labute approximate surface area is 351 Å². The van der Waals surface area contributed by atoms with Gasteiger partial charge in [0.15, 0.2) is 0 Å². The zero-order valence-electron chi connectivity index (χ0n) is 33.0. The van der Waals surface area contributed by atoms with Crippen molar-refractivity contribution < 1.29 is 0 Å². The van der Waals surface area contributed by atoms with Crippen molar-refractivity contribution in [1.82, 2.24) is 14.4 Å². The molecule has 2 heterocycles. The fourth-order valence-electron chi connectivity index (χ4n) is 9.77. The van der Waals surface area contributed by atoms with Gasteiger partial charge in [-0.1, -0.05) is 164 Å². The third-order valence-corrected chi connectivity index (χ3v) is 12.7. The number of aromatic nitrogens is 3. The van der Waals surface area contributed by atoms with Gasteiger partial charge in [-0.3, -0.25) is 4.40 Å². The van der Waals surface area contributed by atoms with Gasteiger partial charge in [0, 0.05) is 10.9 Å². The van der Waals surface area contributed by atoms with Crippen LogP contribution in [0.25, 0.3) is 126 Å². The van der Waals surface area contributed by atoms with E-state index in [0.29, 0.717) is 0 Å². The molecule has 0 spiro atoms. The maximum absolute atomic E-state index is 5.39. The summed E-state index contributed by atoms with van der Waals surface area (Å²) in [6.45, 7) is 0. The fraction of sp³-hybridized carbons (Fsp3) is 0.